The molecule has 0 amide bonds. The van der Waals surface area contributed by atoms with Crippen LogP contribution in [0.4, 0.5) is 0 Å². The zero-order chi connectivity index (χ0) is 26.8. The fourth-order valence-corrected chi connectivity index (χ4v) is 12.7. The first-order valence-electron chi connectivity index (χ1n) is 13.9. The molecule has 8 heteroatoms. The summed E-state index contributed by atoms with van der Waals surface area (Å²) in [6.45, 7) is 26.0. The van der Waals surface area contributed by atoms with Crippen LogP contribution in [-0.4, -0.2) is 70.3 Å². The van der Waals surface area contributed by atoms with Crippen molar-refractivity contribution in [3.63, 3.8) is 0 Å². The highest BCUT2D eigenvalue weighted by atomic mass is 28.4. The summed E-state index contributed by atoms with van der Waals surface area (Å²) < 4.78 is 26.2. The van der Waals surface area contributed by atoms with Crippen molar-refractivity contribution in [2.45, 2.75) is 159 Å². The Morgan fingerprint density at radius 1 is 0.829 bits per heavy atom. The lowest BCUT2D eigenvalue weighted by Crippen LogP contribution is -2.57. The molecule has 208 valence electrons. The lowest BCUT2D eigenvalue weighted by Gasteiger charge is -2.50. The molecule has 0 saturated carbocycles. The van der Waals surface area contributed by atoms with Crippen LogP contribution in [0.2, 0.25) is 34.8 Å². The SMILES string of the molecule is CC(C)[Si](OC[C@H]1C[C@H](O)C[C@@]2(C[C@@H](O)C[C@@H](CCO[Si](C)(C)C(C)(C)C)O2)O1)(C(C)C)C(C)C. The van der Waals surface area contributed by atoms with E-state index in [4.69, 9.17) is 18.3 Å². The molecule has 6 nitrogen and oxygen atoms in total. The Kier molecular flexibility index (Phi) is 10.7. The molecule has 0 bridgehead atoms. The third-order valence-electron chi connectivity index (χ3n) is 8.86. The van der Waals surface area contributed by atoms with E-state index < -0.39 is 34.6 Å². The Labute approximate surface area is 217 Å². The Bertz CT molecular complexity index is 637. The van der Waals surface area contributed by atoms with Gasteiger partial charge in [-0.3, -0.25) is 0 Å². The van der Waals surface area contributed by atoms with Crippen LogP contribution in [-0.2, 0) is 18.3 Å². The zero-order valence-corrected chi connectivity index (χ0v) is 26.5. The fourth-order valence-electron chi connectivity index (χ4n) is 6.18. The summed E-state index contributed by atoms with van der Waals surface area (Å²) >= 11 is 0. The molecule has 0 aromatic heterocycles. The smallest absolute Gasteiger partial charge is 0.200 e. The van der Waals surface area contributed by atoms with Gasteiger partial charge < -0.3 is 28.5 Å². The normalized spacial score (nSPS) is 31.2. The minimum absolute atomic E-state index is 0.147. The molecule has 5 atom stereocenters. The lowest BCUT2D eigenvalue weighted by atomic mass is 9.89. The Morgan fingerprint density at radius 3 is 1.74 bits per heavy atom. The average Bonchev–Trinajstić information content (AvgIpc) is 2.65. The topological polar surface area (TPSA) is 77.4 Å². The molecule has 35 heavy (non-hydrogen) atoms. The Hall–Kier alpha value is 0.194. The van der Waals surface area contributed by atoms with E-state index in [1.54, 1.807) is 0 Å². The van der Waals surface area contributed by atoms with Gasteiger partial charge in [0, 0.05) is 25.9 Å². The van der Waals surface area contributed by atoms with Crippen molar-refractivity contribution < 1.29 is 28.5 Å². The maximum absolute atomic E-state index is 10.8. The van der Waals surface area contributed by atoms with Crippen LogP contribution in [0.1, 0.15) is 94.4 Å². The van der Waals surface area contributed by atoms with Crippen molar-refractivity contribution >= 4 is 16.6 Å². The molecule has 0 aliphatic carbocycles. The predicted molar refractivity (Wildman–Crippen MR) is 148 cm³/mol. The van der Waals surface area contributed by atoms with Crippen molar-refractivity contribution in [2.24, 2.45) is 0 Å². The second kappa shape index (κ2) is 11.9. The standard InChI is InChI=1S/C27H56O6Si2/c1-19(2)35(20(3)4,21(5)6)31-18-25-15-23(29)17-27(33-25)16-22(28)14-24(32-27)12-13-30-34(10,11)26(7,8)9/h19-25,28-29H,12-18H2,1-11H3/t22-,23-,24+,25+,27+/m0/s1. The van der Waals surface area contributed by atoms with Crippen molar-refractivity contribution in [3.05, 3.63) is 0 Å². The second-order valence-electron chi connectivity index (χ2n) is 13.6. The van der Waals surface area contributed by atoms with E-state index in [9.17, 15) is 10.2 Å². The van der Waals surface area contributed by atoms with Gasteiger partial charge in [0.05, 0.1) is 31.0 Å². The Balaban J connectivity index is 2.07. The van der Waals surface area contributed by atoms with Gasteiger partial charge in [-0.2, -0.15) is 0 Å². The molecular formula is C27H56O6Si2. The molecule has 2 heterocycles. The third kappa shape index (κ3) is 7.62. The van der Waals surface area contributed by atoms with Crippen LogP contribution < -0.4 is 0 Å². The number of aliphatic hydroxyl groups excluding tert-OH is 2. The summed E-state index contributed by atoms with van der Waals surface area (Å²) in [6.07, 6.45) is 1.19. The molecule has 2 aliphatic rings. The Morgan fingerprint density at radius 2 is 1.29 bits per heavy atom. The van der Waals surface area contributed by atoms with Crippen molar-refractivity contribution in [1.82, 2.24) is 0 Å². The molecule has 2 fully saturated rings. The molecule has 0 radical (unpaired) electrons. The first-order chi connectivity index (χ1) is 15.9. The highest BCUT2D eigenvalue weighted by molar-refractivity contribution is 6.77. The predicted octanol–water partition coefficient (Wildman–Crippen LogP) is 6.37. The van der Waals surface area contributed by atoms with Crippen LogP contribution in [0.5, 0.6) is 0 Å². The summed E-state index contributed by atoms with van der Waals surface area (Å²) in [6, 6.07) is 0. The van der Waals surface area contributed by atoms with E-state index >= 15 is 0 Å². The summed E-state index contributed by atoms with van der Waals surface area (Å²) in [5.41, 5.74) is 1.47. The molecule has 2 N–H and O–H groups in total. The summed E-state index contributed by atoms with van der Waals surface area (Å²) in [5, 5.41) is 21.7. The van der Waals surface area contributed by atoms with E-state index in [0.29, 0.717) is 55.5 Å². The highest BCUT2D eigenvalue weighted by Gasteiger charge is 2.50. The van der Waals surface area contributed by atoms with Crippen LogP contribution in [0.15, 0.2) is 0 Å². The van der Waals surface area contributed by atoms with Gasteiger partial charge in [0.15, 0.2) is 22.4 Å². The van der Waals surface area contributed by atoms with Crippen molar-refractivity contribution in [1.29, 1.82) is 0 Å². The van der Waals surface area contributed by atoms with Crippen LogP contribution >= 0.6 is 0 Å². The fraction of sp³-hybridized carbons (Fsp3) is 1.00. The number of aliphatic hydroxyl groups is 2. The molecular weight excluding hydrogens is 476 g/mol. The minimum atomic E-state index is -2.04. The van der Waals surface area contributed by atoms with Gasteiger partial charge in [0.1, 0.15) is 0 Å². The van der Waals surface area contributed by atoms with Gasteiger partial charge in [-0.1, -0.05) is 62.3 Å². The maximum Gasteiger partial charge on any atom is 0.200 e. The molecule has 0 unspecified atom stereocenters. The van der Waals surface area contributed by atoms with E-state index in [1.165, 1.54) is 0 Å². The zero-order valence-electron chi connectivity index (χ0n) is 24.5. The summed E-state index contributed by atoms with van der Waals surface area (Å²) in [7, 11) is -3.87. The van der Waals surface area contributed by atoms with E-state index in [0.717, 1.165) is 6.42 Å². The van der Waals surface area contributed by atoms with Crippen LogP contribution in [0.3, 0.4) is 0 Å². The maximum atomic E-state index is 10.8. The monoisotopic (exact) mass is 532 g/mol. The quantitative estimate of drug-likeness (QED) is 0.319. The molecule has 1 spiro atoms. The molecule has 0 aromatic carbocycles. The van der Waals surface area contributed by atoms with Crippen molar-refractivity contribution in [2.75, 3.05) is 13.2 Å². The van der Waals surface area contributed by atoms with Crippen LogP contribution in [0.25, 0.3) is 0 Å². The van der Waals surface area contributed by atoms with Gasteiger partial charge in [0.2, 0.25) is 0 Å². The largest absolute Gasteiger partial charge is 0.417 e. The number of ether oxygens (including phenoxy) is 2. The van der Waals surface area contributed by atoms with Gasteiger partial charge in [-0.05, 0) is 47.6 Å². The van der Waals surface area contributed by atoms with Gasteiger partial charge in [-0.15, -0.1) is 0 Å². The summed E-state index contributed by atoms with van der Waals surface area (Å²) in [4.78, 5) is 0. The first kappa shape index (κ1) is 31.4. The van der Waals surface area contributed by atoms with E-state index in [-0.39, 0.29) is 17.2 Å². The first-order valence-corrected chi connectivity index (χ1v) is 19.0. The summed E-state index contributed by atoms with van der Waals surface area (Å²) in [5.74, 6) is -0.956. The molecule has 2 aliphatic heterocycles. The molecule has 2 rings (SSSR count). The highest BCUT2D eigenvalue weighted by Crippen LogP contribution is 2.44. The minimum Gasteiger partial charge on any atom is -0.417 e. The van der Waals surface area contributed by atoms with Gasteiger partial charge >= 0.3 is 0 Å². The number of hydrogen-bond acceptors (Lipinski definition) is 6. The van der Waals surface area contributed by atoms with Gasteiger partial charge in [0.25, 0.3) is 0 Å². The van der Waals surface area contributed by atoms with Gasteiger partial charge in [-0.25, -0.2) is 0 Å². The number of rotatable bonds is 10. The van der Waals surface area contributed by atoms with Crippen molar-refractivity contribution in [3.8, 4) is 0 Å². The second-order valence-corrected chi connectivity index (χ2v) is 23.9. The average molecular weight is 533 g/mol. The van der Waals surface area contributed by atoms with E-state index in [1.807, 2.05) is 0 Å². The van der Waals surface area contributed by atoms with Crippen LogP contribution in [0, 0.1) is 0 Å². The number of hydrogen-bond donors (Lipinski definition) is 2. The third-order valence-corrected chi connectivity index (χ3v) is 19.5. The van der Waals surface area contributed by atoms with E-state index in [2.05, 4.69) is 75.4 Å². The molecule has 2 saturated heterocycles. The molecule has 0 aromatic rings. The lowest BCUT2D eigenvalue weighted by molar-refractivity contribution is -0.341.